The van der Waals surface area contributed by atoms with E-state index in [2.05, 4.69) is 0 Å². The minimum Gasteiger partial charge on any atom is -0.444 e. The maximum Gasteiger partial charge on any atom is 0.410 e. The minimum atomic E-state index is -0.415. The molecular weight excluding hydrogens is 224 g/mol. The molecule has 2 atom stereocenters. The molecule has 5 heteroatoms. The fraction of sp³-hybridized carbons (Fsp3) is 0.909. The molecule has 2 fully saturated rings. The lowest BCUT2D eigenvalue weighted by atomic mass is 10.1. The number of fused-ring (bicyclic) bond motifs is 2. The number of rotatable bonds is 1. The van der Waals surface area contributed by atoms with Crippen molar-refractivity contribution in [3.05, 3.63) is 0 Å². The van der Waals surface area contributed by atoms with Gasteiger partial charge in [0.05, 0.1) is 0 Å². The lowest BCUT2D eigenvalue weighted by molar-refractivity contribution is 0.0234. The van der Waals surface area contributed by atoms with Crippen molar-refractivity contribution < 1.29 is 9.53 Å². The van der Waals surface area contributed by atoms with Gasteiger partial charge in [0.2, 0.25) is 0 Å². The van der Waals surface area contributed by atoms with Crippen LogP contribution < -0.4 is 5.73 Å². The van der Waals surface area contributed by atoms with Crippen molar-refractivity contribution in [3.63, 3.8) is 0 Å². The third-order valence-corrected chi connectivity index (χ3v) is 4.72. The molecule has 2 rings (SSSR count). The summed E-state index contributed by atoms with van der Waals surface area (Å²) in [5, 5.41) is 0. The number of likely N-dealkylation sites (tertiary alicyclic amines) is 1. The van der Waals surface area contributed by atoms with Gasteiger partial charge < -0.3 is 15.4 Å². The Balaban J connectivity index is 2.01. The fourth-order valence-corrected chi connectivity index (χ4v) is 3.81. The van der Waals surface area contributed by atoms with E-state index in [4.69, 9.17) is 10.5 Å². The third-order valence-electron chi connectivity index (χ3n) is 3.09. The van der Waals surface area contributed by atoms with E-state index in [1.165, 1.54) is 0 Å². The zero-order valence-corrected chi connectivity index (χ0v) is 11.0. The molecule has 2 N–H and O–H groups in total. The first-order valence-electron chi connectivity index (χ1n) is 5.69. The maximum atomic E-state index is 12.0. The van der Waals surface area contributed by atoms with E-state index in [-0.39, 0.29) is 10.8 Å². The summed E-state index contributed by atoms with van der Waals surface area (Å²) in [7, 11) is 0. The Morgan fingerprint density at radius 1 is 1.62 bits per heavy atom. The second-order valence-electron chi connectivity index (χ2n) is 5.66. The van der Waals surface area contributed by atoms with Crippen molar-refractivity contribution in [3.8, 4) is 0 Å². The van der Waals surface area contributed by atoms with Gasteiger partial charge in [-0.1, -0.05) is 0 Å². The number of amides is 1. The highest BCUT2D eigenvalue weighted by Crippen LogP contribution is 2.46. The van der Waals surface area contributed by atoms with Crippen LogP contribution in [0.1, 0.15) is 27.2 Å². The summed E-state index contributed by atoms with van der Waals surface area (Å²) < 4.78 is 5.50. The fourth-order valence-electron chi connectivity index (χ4n) is 2.31. The Hall–Kier alpha value is -0.420. The molecule has 2 aliphatic rings. The molecule has 0 aromatic rings. The summed E-state index contributed by atoms with van der Waals surface area (Å²) >= 11 is 1.90. The molecule has 1 amide bonds. The number of hydrogen-bond acceptors (Lipinski definition) is 4. The standard InChI is InChI=1S/C11H20N2O2S/c1-10(2,3)15-9(14)13-7-11(6-12)4-8(13)5-16-11/h8H,4-7,12H2,1-3H3/t8-,11+/m0/s1. The van der Waals surface area contributed by atoms with Gasteiger partial charge in [-0.25, -0.2) is 4.79 Å². The minimum absolute atomic E-state index is 0.0988. The molecule has 2 bridgehead atoms. The molecule has 0 radical (unpaired) electrons. The Morgan fingerprint density at radius 2 is 2.31 bits per heavy atom. The highest BCUT2D eigenvalue weighted by Gasteiger charge is 2.51. The monoisotopic (exact) mass is 244 g/mol. The van der Waals surface area contributed by atoms with Crippen LogP contribution in [0.4, 0.5) is 4.79 Å². The molecular formula is C11H20N2O2S. The molecule has 0 saturated carbocycles. The van der Waals surface area contributed by atoms with Crippen molar-refractivity contribution in [1.82, 2.24) is 4.90 Å². The van der Waals surface area contributed by atoms with Crippen molar-refractivity contribution in [2.24, 2.45) is 5.73 Å². The Morgan fingerprint density at radius 3 is 2.81 bits per heavy atom. The first-order valence-corrected chi connectivity index (χ1v) is 6.67. The molecule has 0 unspecified atom stereocenters. The number of thioether (sulfide) groups is 1. The molecule has 2 heterocycles. The lowest BCUT2D eigenvalue weighted by Gasteiger charge is -2.32. The predicted octanol–water partition coefficient (Wildman–Crippen LogP) is 1.44. The summed E-state index contributed by atoms with van der Waals surface area (Å²) in [5.74, 6) is 0.996. The largest absolute Gasteiger partial charge is 0.444 e. The highest BCUT2D eigenvalue weighted by atomic mass is 32.2. The number of nitrogens with zero attached hydrogens (tertiary/aromatic N) is 1. The molecule has 0 aromatic heterocycles. The Labute approximate surface area is 101 Å². The van der Waals surface area contributed by atoms with E-state index in [1.807, 2.05) is 37.4 Å². The number of carbonyl (C=O) groups excluding carboxylic acids is 1. The van der Waals surface area contributed by atoms with Crippen LogP contribution in [-0.2, 0) is 4.74 Å². The molecule has 0 aliphatic carbocycles. The molecule has 2 saturated heterocycles. The highest BCUT2D eigenvalue weighted by molar-refractivity contribution is 8.01. The molecule has 16 heavy (non-hydrogen) atoms. The van der Waals surface area contributed by atoms with Gasteiger partial charge in [0, 0.05) is 29.6 Å². The third kappa shape index (κ3) is 2.15. The van der Waals surface area contributed by atoms with E-state index in [9.17, 15) is 4.79 Å². The number of nitrogens with two attached hydrogens (primary N) is 1. The van der Waals surface area contributed by atoms with Gasteiger partial charge in [-0.15, -0.1) is 11.8 Å². The molecule has 4 nitrogen and oxygen atoms in total. The van der Waals surface area contributed by atoms with Crippen LogP contribution in [0.25, 0.3) is 0 Å². The quantitative estimate of drug-likeness (QED) is 0.758. The molecule has 2 aliphatic heterocycles. The van der Waals surface area contributed by atoms with E-state index in [0.29, 0.717) is 12.6 Å². The van der Waals surface area contributed by atoms with Crippen molar-refractivity contribution >= 4 is 17.9 Å². The van der Waals surface area contributed by atoms with Gasteiger partial charge in [-0.2, -0.15) is 0 Å². The number of ether oxygens (including phenoxy) is 1. The summed E-state index contributed by atoms with van der Waals surface area (Å²) in [6, 6.07) is 0.323. The molecule has 0 spiro atoms. The van der Waals surface area contributed by atoms with Crippen LogP contribution in [0.5, 0.6) is 0 Å². The number of hydrogen-bond donors (Lipinski definition) is 1. The number of carbonyl (C=O) groups is 1. The lowest BCUT2D eigenvalue weighted by Crippen LogP contribution is -2.46. The zero-order valence-electron chi connectivity index (χ0n) is 10.2. The average molecular weight is 244 g/mol. The summed E-state index contributed by atoms with van der Waals surface area (Å²) in [5.41, 5.74) is 5.38. The van der Waals surface area contributed by atoms with Crippen LogP contribution >= 0.6 is 11.8 Å². The van der Waals surface area contributed by atoms with Gasteiger partial charge in [-0.3, -0.25) is 0 Å². The smallest absolute Gasteiger partial charge is 0.410 e. The van der Waals surface area contributed by atoms with Gasteiger partial charge in [0.25, 0.3) is 0 Å². The zero-order chi connectivity index (χ0) is 12.0. The predicted molar refractivity (Wildman–Crippen MR) is 65.6 cm³/mol. The van der Waals surface area contributed by atoms with Crippen LogP contribution in [0.3, 0.4) is 0 Å². The second-order valence-corrected chi connectivity index (χ2v) is 7.15. The first kappa shape index (κ1) is 12.0. The first-order chi connectivity index (χ1) is 7.35. The molecule has 92 valence electrons. The normalized spacial score (nSPS) is 33.2. The van der Waals surface area contributed by atoms with E-state index < -0.39 is 5.60 Å². The van der Waals surface area contributed by atoms with Crippen LogP contribution in [0.15, 0.2) is 0 Å². The van der Waals surface area contributed by atoms with Crippen LogP contribution in [-0.4, -0.2) is 46.2 Å². The summed E-state index contributed by atoms with van der Waals surface area (Å²) in [6.45, 7) is 7.08. The Kier molecular flexibility index (Phi) is 2.87. The van der Waals surface area contributed by atoms with Crippen molar-refractivity contribution in [2.75, 3.05) is 18.8 Å². The van der Waals surface area contributed by atoms with E-state index in [1.54, 1.807) is 0 Å². The topological polar surface area (TPSA) is 55.6 Å². The second kappa shape index (κ2) is 3.81. The van der Waals surface area contributed by atoms with E-state index >= 15 is 0 Å². The summed E-state index contributed by atoms with van der Waals surface area (Å²) in [4.78, 5) is 13.8. The Bertz CT molecular complexity index is 303. The van der Waals surface area contributed by atoms with Crippen LogP contribution in [0.2, 0.25) is 0 Å². The van der Waals surface area contributed by atoms with Crippen molar-refractivity contribution in [1.29, 1.82) is 0 Å². The maximum absolute atomic E-state index is 12.0. The van der Waals surface area contributed by atoms with Crippen molar-refractivity contribution in [2.45, 2.75) is 43.6 Å². The van der Waals surface area contributed by atoms with Crippen LogP contribution in [0, 0.1) is 0 Å². The van der Waals surface area contributed by atoms with Gasteiger partial charge >= 0.3 is 6.09 Å². The van der Waals surface area contributed by atoms with Gasteiger partial charge in [-0.05, 0) is 27.2 Å². The van der Waals surface area contributed by atoms with Gasteiger partial charge in [0.15, 0.2) is 0 Å². The SMILES string of the molecule is CC(C)(C)OC(=O)N1C[C@]2(CN)C[C@H]1CS2. The summed E-state index contributed by atoms with van der Waals surface area (Å²) in [6.07, 6.45) is 0.834. The van der Waals surface area contributed by atoms with E-state index in [0.717, 1.165) is 18.7 Å². The molecule has 0 aromatic carbocycles. The van der Waals surface area contributed by atoms with Gasteiger partial charge in [0.1, 0.15) is 5.60 Å². The average Bonchev–Trinajstić information content (AvgIpc) is 2.72.